The SMILES string of the molecule is CCC(C)n1ccc(-c2ccc(-c3ccccc3)cc2)c1. The van der Waals surface area contributed by atoms with Crippen molar-refractivity contribution in [3.63, 3.8) is 0 Å². The highest BCUT2D eigenvalue weighted by molar-refractivity contribution is 5.70. The smallest absolute Gasteiger partial charge is 0.0300 e. The standard InChI is InChI=1S/C20H21N/c1-3-16(2)21-14-13-20(15-21)19-11-9-18(10-12-19)17-7-5-4-6-8-17/h4-16H,3H2,1-2H3. The predicted octanol–water partition coefficient (Wildman–Crippen LogP) is 5.79. The third-order valence-corrected chi connectivity index (χ3v) is 4.14. The summed E-state index contributed by atoms with van der Waals surface area (Å²) in [6.07, 6.45) is 5.57. The first-order valence-electron chi connectivity index (χ1n) is 7.61. The van der Waals surface area contributed by atoms with Crippen molar-refractivity contribution in [2.45, 2.75) is 26.3 Å². The van der Waals surface area contributed by atoms with Gasteiger partial charge in [0.1, 0.15) is 0 Å². The van der Waals surface area contributed by atoms with Gasteiger partial charge in [-0.05, 0) is 41.7 Å². The molecule has 1 unspecified atom stereocenters. The van der Waals surface area contributed by atoms with Crippen molar-refractivity contribution < 1.29 is 0 Å². The first-order chi connectivity index (χ1) is 10.3. The second-order valence-electron chi connectivity index (χ2n) is 5.55. The van der Waals surface area contributed by atoms with Crippen LogP contribution in [0.25, 0.3) is 22.3 Å². The molecule has 1 atom stereocenters. The van der Waals surface area contributed by atoms with E-state index in [9.17, 15) is 0 Å². The Hall–Kier alpha value is -2.28. The highest BCUT2D eigenvalue weighted by Crippen LogP contribution is 2.26. The van der Waals surface area contributed by atoms with Crippen LogP contribution in [0, 0.1) is 0 Å². The second kappa shape index (κ2) is 6.01. The Balaban J connectivity index is 1.86. The maximum Gasteiger partial charge on any atom is 0.0300 e. The quantitative estimate of drug-likeness (QED) is 0.567. The first-order valence-corrected chi connectivity index (χ1v) is 7.61. The van der Waals surface area contributed by atoms with Crippen LogP contribution in [0.1, 0.15) is 26.3 Å². The molecule has 1 nitrogen and oxygen atoms in total. The first kappa shape index (κ1) is 13.7. The van der Waals surface area contributed by atoms with E-state index in [1.165, 1.54) is 22.3 Å². The van der Waals surface area contributed by atoms with E-state index in [0.717, 1.165) is 6.42 Å². The van der Waals surface area contributed by atoms with Crippen molar-refractivity contribution in [3.05, 3.63) is 73.1 Å². The normalized spacial score (nSPS) is 12.3. The molecular formula is C20H21N. The monoisotopic (exact) mass is 275 g/mol. The summed E-state index contributed by atoms with van der Waals surface area (Å²) in [6.45, 7) is 4.47. The minimum atomic E-state index is 0.558. The zero-order valence-corrected chi connectivity index (χ0v) is 12.7. The molecule has 0 saturated carbocycles. The zero-order chi connectivity index (χ0) is 14.7. The molecule has 0 spiro atoms. The average molecular weight is 275 g/mol. The molecule has 3 rings (SSSR count). The summed E-state index contributed by atoms with van der Waals surface area (Å²) >= 11 is 0. The fourth-order valence-electron chi connectivity index (χ4n) is 2.55. The molecule has 0 aliphatic heterocycles. The molecule has 1 aromatic heterocycles. The molecule has 21 heavy (non-hydrogen) atoms. The van der Waals surface area contributed by atoms with Gasteiger partial charge in [-0.1, -0.05) is 61.5 Å². The van der Waals surface area contributed by atoms with Crippen molar-refractivity contribution in [3.8, 4) is 22.3 Å². The van der Waals surface area contributed by atoms with Crippen LogP contribution in [-0.2, 0) is 0 Å². The molecule has 1 heteroatoms. The maximum atomic E-state index is 2.29. The zero-order valence-electron chi connectivity index (χ0n) is 12.7. The van der Waals surface area contributed by atoms with E-state index in [1.54, 1.807) is 0 Å². The number of hydrogen-bond acceptors (Lipinski definition) is 0. The summed E-state index contributed by atoms with van der Waals surface area (Å²) in [4.78, 5) is 0. The van der Waals surface area contributed by atoms with E-state index in [2.05, 4.69) is 91.5 Å². The van der Waals surface area contributed by atoms with Crippen molar-refractivity contribution >= 4 is 0 Å². The summed E-state index contributed by atoms with van der Waals surface area (Å²) < 4.78 is 2.29. The molecule has 0 amide bonds. The summed E-state index contributed by atoms with van der Waals surface area (Å²) in [7, 11) is 0. The lowest BCUT2D eigenvalue weighted by Gasteiger charge is -2.10. The Morgan fingerprint density at radius 3 is 1.95 bits per heavy atom. The van der Waals surface area contributed by atoms with E-state index in [0.29, 0.717) is 6.04 Å². The van der Waals surface area contributed by atoms with Crippen LogP contribution in [0.5, 0.6) is 0 Å². The van der Waals surface area contributed by atoms with Gasteiger partial charge in [-0.25, -0.2) is 0 Å². The van der Waals surface area contributed by atoms with E-state index >= 15 is 0 Å². The van der Waals surface area contributed by atoms with Crippen molar-refractivity contribution in [1.29, 1.82) is 0 Å². The second-order valence-corrected chi connectivity index (χ2v) is 5.55. The lowest BCUT2D eigenvalue weighted by atomic mass is 10.0. The largest absolute Gasteiger partial charge is 0.351 e. The Labute approximate surface area is 126 Å². The van der Waals surface area contributed by atoms with Gasteiger partial charge >= 0.3 is 0 Å². The number of aromatic nitrogens is 1. The topological polar surface area (TPSA) is 4.93 Å². The highest BCUT2D eigenvalue weighted by Gasteiger charge is 2.05. The van der Waals surface area contributed by atoms with Crippen molar-refractivity contribution in [1.82, 2.24) is 4.57 Å². The lowest BCUT2D eigenvalue weighted by molar-refractivity contribution is 0.533. The Bertz CT molecular complexity index is 692. The van der Waals surface area contributed by atoms with Gasteiger partial charge in [0.05, 0.1) is 0 Å². The molecule has 0 N–H and O–H groups in total. The van der Waals surface area contributed by atoms with E-state index in [1.807, 2.05) is 0 Å². The minimum absolute atomic E-state index is 0.558. The molecular weight excluding hydrogens is 254 g/mol. The van der Waals surface area contributed by atoms with Crippen LogP contribution in [-0.4, -0.2) is 4.57 Å². The Morgan fingerprint density at radius 1 is 0.762 bits per heavy atom. The lowest BCUT2D eigenvalue weighted by Crippen LogP contribution is -1.99. The molecule has 2 aromatic carbocycles. The van der Waals surface area contributed by atoms with Crippen LogP contribution in [0.4, 0.5) is 0 Å². The maximum absolute atomic E-state index is 2.29. The van der Waals surface area contributed by atoms with Crippen LogP contribution < -0.4 is 0 Å². The van der Waals surface area contributed by atoms with E-state index < -0.39 is 0 Å². The molecule has 106 valence electrons. The van der Waals surface area contributed by atoms with Crippen molar-refractivity contribution in [2.75, 3.05) is 0 Å². The molecule has 3 aromatic rings. The number of hydrogen-bond donors (Lipinski definition) is 0. The van der Waals surface area contributed by atoms with E-state index in [4.69, 9.17) is 0 Å². The number of nitrogens with zero attached hydrogens (tertiary/aromatic N) is 1. The van der Waals surface area contributed by atoms with Gasteiger partial charge in [-0.15, -0.1) is 0 Å². The summed E-state index contributed by atoms with van der Waals surface area (Å²) in [5.74, 6) is 0. The third kappa shape index (κ3) is 2.92. The van der Waals surface area contributed by atoms with Crippen LogP contribution in [0.15, 0.2) is 73.1 Å². The van der Waals surface area contributed by atoms with Crippen LogP contribution in [0.3, 0.4) is 0 Å². The average Bonchev–Trinajstić information content (AvgIpc) is 3.05. The molecule has 0 bridgehead atoms. The van der Waals surface area contributed by atoms with Gasteiger partial charge in [0, 0.05) is 18.4 Å². The van der Waals surface area contributed by atoms with Gasteiger partial charge < -0.3 is 4.57 Å². The van der Waals surface area contributed by atoms with Crippen molar-refractivity contribution in [2.24, 2.45) is 0 Å². The Morgan fingerprint density at radius 2 is 1.33 bits per heavy atom. The fourth-order valence-corrected chi connectivity index (χ4v) is 2.55. The Kier molecular flexibility index (Phi) is 3.92. The highest BCUT2D eigenvalue weighted by atomic mass is 15.0. The van der Waals surface area contributed by atoms with Gasteiger partial charge in [0.15, 0.2) is 0 Å². The van der Waals surface area contributed by atoms with Gasteiger partial charge in [-0.3, -0.25) is 0 Å². The van der Waals surface area contributed by atoms with Crippen LogP contribution >= 0.6 is 0 Å². The molecule has 0 saturated heterocycles. The fraction of sp³-hybridized carbons (Fsp3) is 0.200. The summed E-state index contributed by atoms with van der Waals surface area (Å²) in [5.41, 5.74) is 5.09. The van der Waals surface area contributed by atoms with Gasteiger partial charge in [0.25, 0.3) is 0 Å². The minimum Gasteiger partial charge on any atom is -0.351 e. The van der Waals surface area contributed by atoms with E-state index in [-0.39, 0.29) is 0 Å². The molecule has 0 aliphatic rings. The summed E-state index contributed by atoms with van der Waals surface area (Å²) in [5, 5.41) is 0. The van der Waals surface area contributed by atoms with Crippen LogP contribution in [0.2, 0.25) is 0 Å². The molecule has 0 fully saturated rings. The summed E-state index contributed by atoms with van der Waals surface area (Å²) in [6, 6.07) is 22.1. The number of rotatable bonds is 4. The van der Waals surface area contributed by atoms with Gasteiger partial charge in [-0.2, -0.15) is 0 Å². The molecule has 0 radical (unpaired) electrons. The molecule has 1 heterocycles. The van der Waals surface area contributed by atoms with Gasteiger partial charge in [0.2, 0.25) is 0 Å². The molecule has 0 aliphatic carbocycles. The third-order valence-electron chi connectivity index (χ3n) is 4.14. The number of benzene rings is 2. The predicted molar refractivity (Wildman–Crippen MR) is 90.3 cm³/mol.